The van der Waals surface area contributed by atoms with Gasteiger partial charge in [-0.25, -0.2) is 9.79 Å². The molecule has 0 radical (unpaired) electrons. The van der Waals surface area contributed by atoms with Crippen LogP contribution in [0.5, 0.6) is 0 Å². The average Bonchev–Trinajstić information content (AvgIpc) is 3.62. The van der Waals surface area contributed by atoms with Crippen molar-refractivity contribution in [1.29, 1.82) is 0 Å². The number of benzene rings is 2. The maximum atomic E-state index is 13.1. The van der Waals surface area contributed by atoms with E-state index in [0.29, 0.717) is 12.5 Å². The Balaban J connectivity index is 1.14. The molecule has 1 aromatic heterocycles. The minimum absolute atomic E-state index is 0.191. The molecular formula is C29H35N9O2S. The van der Waals surface area contributed by atoms with Gasteiger partial charge in [-0.1, -0.05) is 67.2 Å². The van der Waals surface area contributed by atoms with E-state index in [1.807, 2.05) is 30.3 Å². The molecule has 4 heterocycles. The summed E-state index contributed by atoms with van der Waals surface area (Å²) >= 11 is 1.59. The summed E-state index contributed by atoms with van der Waals surface area (Å²) in [5.41, 5.74) is 2.28. The Morgan fingerprint density at radius 1 is 1.02 bits per heavy atom. The number of piperidine rings is 1. The van der Waals surface area contributed by atoms with Crippen molar-refractivity contribution in [3.8, 4) is 5.69 Å². The number of rotatable bonds is 8. The van der Waals surface area contributed by atoms with Crippen LogP contribution in [0.1, 0.15) is 25.3 Å². The number of carbonyl (C=O) groups excluding carboxylic acids is 2. The van der Waals surface area contributed by atoms with Crippen LogP contribution < -0.4 is 5.32 Å². The maximum Gasteiger partial charge on any atom is 0.325 e. The third-order valence-corrected chi connectivity index (χ3v) is 9.30. The number of aromatic nitrogens is 4. The van der Waals surface area contributed by atoms with Crippen molar-refractivity contribution in [2.75, 3.05) is 32.4 Å². The van der Waals surface area contributed by atoms with Crippen molar-refractivity contribution in [1.82, 2.24) is 40.2 Å². The average molecular weight is 574 g/mol. The lowest BCUT2D eigenvalue weighted by atomic mass is 9.90. The number of likely N-dealkylation sites (N-methyl/N-ethyl adjacent to an activating group) is 1. The molecule has 3 aliphatic heterocycles. The molecule has 2 aromatic carbocycles. The second kappa shape index (κ2) is 11.9. The molecule has 11 nitrogen and oxygen atoms in total. The Kier molecular flexibility index (Phi) is 7.91. The number of guanidine groups is 1. The van der Waals surface area contributed by atoms with Gasteiger partial charge in [0.25, 0.3) is 5.91 Å². The number of nitrogens with one attached hydrogen (secondary N) is 1. The fourth-order valence-corrected chi connectivity index (χ4v) is 6.76. The number of likely N-dealkylation sites (tertiary alicyclic amines) is 1. The van der Waals surface area contributed by atoms with Crippen molar-refractivity contribution in [3.05, 3.63) is 66.2 Å². The van der Waals surface area contributed by atoms with E-state index in [4.69, 9.17) is 4.99 Å². The van der Waals surface area contributed by atoms with Gasteiger partial charge in [-0.3, -0.25) is 10.1 Å². The molecule has 6 rings (SSSR count). The molecule has 0 aliphatic carbocycles. The van der Waals surface area contributed by atoms with E-state index in [0.717, 1.165) is 54.9 Å². The highest BCUT2D eigenvalue weighted by Crippen LogP contribution is 2.30. The number of thioether (sulfide) groups is 1. The molecule has 1 N–H and O–H groups in total. The van der Waals surface area contributed by atoms with Crippen LogP contribution in [0, 0.1) is 11.8 Å². The van der Waals surface area contributed by atoms with Crippen LogP contribution >= 0.6 is 11.8 Å². The van der Waals surface area contributed by atoms with Crippen molar-refractivity contribution in [2.45, 2.75) is 43.6 Å². The highest BCUT2D eigenvalue weighted by molar-refractivity contribution is 7.99. The molecule has 41 heavy (non-hydrogen) atoms. The summed E-state index contributed by atoms with van der Waals surface area (Å²) in [4.78, 5) is 36.5. The van der Waals surface area contributed by atoms with Gasteiger partial charge in [0.15, 0.2) is 18.2 Å². The third kappa shape index (κ3) is 5.79. The minimum atomic E-state index is -0.545. The van der Waals surface area contributed by atoms with Gasteiger partial charge in [0, 0.05) is 32.4 Å². The van der Waals surface area contributed by atoms with Crippen LogP contribution in [0.15, 0.2) is 70.8 Å². The van der Waals surface area contributed by atoms with E-state index in [9.17, 15) is 9.59 Å². The van der Waals surface area contributed by atoms with Gasteiger partial charge in [0.05, 0.1) is 5.69 Å². The molecular weight excluding hydrogens is 538 g/mol. The van der Waals surface area contributed by atoms with E-state index in [-0.39, 0.29) is 11.8 Å². The summed E-state index contributed by atoms with van der Waals surface area (Å²) in [5, 5.41) is 15.5. The van der Waals surface area contributed by atoms with E-state index in [1.165, 1.54) is 5.56 Å². The normalized spacial score (nSPS) is 22.0. The quantitative estimate of drug-likeness (QED) is 0.410. The van der Waals surface area contributed by atoms with Crippen molar-refractivity contribution in [2.24, 2.45) is 16.8 Å². The van der Waals surface area contributed by atoms with Gasteiger partial charge >= 0.3 is 6.03 Å². The lowest BCUT2D eigenvalue weighted by Crippen LogP contribution is -2.64. The molecule has 0 saturated carbocycles. The third-order valence-electron chi connectivity index (χ3n) is 8.05. The van der Waals surface area contributed by atoms with Gasteiger partial charge in [0.2, 0.25) is 5.16 Å². The predicted octanol–water partition coefficient (Wildman–Crippen LogP) is 2.89. The van der Waals surface area contributed by atoms with Crippen LogP contribution in [-0.4, -0.2) is 97.4 Å². The smallest absolute Gasteiger partial charge is 0.325 e. The summed E-state index contributed by atoms with van der Waals surface area (Å²) in [5.74, 6) is 2.09. The monoisotopic (exact) mass is 573 g/mol. The molecule has 2 saturated heterocycles. The number of carbonyl (C=O) groups is 2. The van der Waals surface area contributed by atoms with Crippen LogP contribution in [0.4, 0.5) is 4.79 Å². The number of fused-ring (bicyclic) bond motifs is 1. The van der Waals surface area contributed by atoms with Gasteiger partial charge in [0.1, 0.15) is 0 Å². The molecule has 0 bridgehead atoms. The highest BCUT2D eigenvalue weighted by Gasteiger charge is 2.50. The molecule has 3 aliphatic rings. The predicted molar refractivity (Wildman–Crippen MR) is 157 cm³/mol. The number of hydrogen-bond donors (Lipinski definition) is 1. The van der Waals surface area contributed by atoms with Gasteiger partial charge in [-0.15, -0.1) is 5.10 Å². The zero-order chi connectivity index (χ0) is 28.3. The molecule has 2 fully saturated rings. The van der Waals surface area contributed by atoms with Crippen LogP contribution in [0.3, 0.4) is 0 Å². The lowest BCUT2D eigenvalue weighted by Gasteiger charge is -2.40. The van der Waals surface area contributed by atoms with E-state index in [1.54, 1.807) is 28.4 Å². The van der Waals surface area contributed by atoms with Crippen LogP contribution in [0.25, 0.3) is 5.69 Å². The zero-order valence-corrected chi connectivity index (χ0v) is 24.2. The molecule has 12 heteroatoms. The van der Waals surface area contributed by atoms with Crippen molar-refractivity contribution in [3.63, 3.8) is 0 Å². The number of amides is 3. The van der Waals surface area contributed by atoms with Crippen LogP contribution in [-0.2, 0) is 11.2 Å². The lowest BCUT2D eigenvalue weighted by molar-refractivity contribution is -0.127. The Hall–Kier alpha value is -3.93. The summed E-state index contributed by atoms with van der Waals surface area (Å²) in [7, 11) is 1.71. The minimum Gasteiger partial charge on any atom is -0.343 e. The van der Waals surface area contributed by atoms with E-state index >= 15 is 0 Å². The number of para-hydroxylation sites is 1. The van der Waals surface area contributed by atoms with Crippen LogP contribution in [0.2, 0.25) is 0 Å². The number of hydrogen-bond acceptors (Lipinski definition) is 9. The molecule has 3 amide bonds. The van der Waals surface area contributed by atoms with Gasteiger partial charge < -0.3 is 14.7 Å². The summed E-state index contributed by atoms with van der Waals surface area (Å²) < 4.78 is 1.74. The number of tetrazole rings is 1. The van der Waals surface area contributed by atoms with Gasteiger partial charge in [-0.05, 0) is 59.2 Å². The second-order valence-electron chi connectivity index (χ2n) is 11.1. The Labute approximate surface area is 244 Å². The fraction of sp³-hybridized carbons (Fsp3) is 0.448. The summed E-state index contributed by atoms with van der Waals surface area (Å²) in [6.07, 6.45) is 2.67. The first kappa shape index (κ1) is 27.3. The molecule has 0 spiro atoms. The Morgan fingerprint density at radius 3 is 2.46 bits per heavy atom. The fourth-order valence-electron chi connectivity index (χ4n) is 5.86. The van der Waals surface area contributed by atoms with E-state index < -0.39 is 18.2 Å². The maximum absolute atomic E-state index is 13.1. The topological polar surface area (TPSA) is 112 Å². The Morgan fingerprint density at radius 2 is 1.73 bits per heavy atom. The van der Waals surface area contributed by atoms with Crippen molar-refractivity contribution >= 4 is 29.7 Å². The number of aliphatic imine (C=N–C) groups is 1. The Bertz CT molecular complexity index is 1390. The van der Waals surface area contributed by atoms with Gasteiger partial charge in [-0.2, -0.15) is 4.68 Å². The molecule has 3 unspecified atom stereocenters. The highest BCUT2D eigenvalue weighted by atomic mass is 32.2. The summed E-state index contributed by atoms with van der Waals surface area (Å²) in [6, 6.07) is 19.5. The SMILES string of the molecule is CC(CSc1nnnn1-c1ccccc1)CN1C(N2CCC(Cc3ccccc3)CC2)=NC2C1C(=O)NC(=O)N2C. The summed E-state index contributed by atoms with van der Waals surface area (Å²) in [6.45, 7) is 4.54. The first-order chi connectivity index (χ1) is 20.0. The van der Waals surface area contributed by atoms with E-state index in [2.05, 4.69) is 67.9 Å². The second-order valence-corrected chi connectivity index (χ2v) is 12.1. The number of imide groups is 1. The largest absolute Gasteiger partial charge is 0.343 e. The van der Waals surface area contributed by atoms with Crippen molar-refractivity contribution < 1.29 is 9.59 Å². The first-order valence-electron chi connectivity index (χ1n) is 14.2. The number of nitrogens with zero attached hydrogens (tertiary/aromatic N) is 8. The molecule has 3 atom stereocenters. The molecule has 214 valence electrons. The standard InChI is InChI=1S/C29H35N9O2S/c1-20(19-41-29-32-33-34-38(29)23-11-7-4-8-12-23)18-37-24-25(35(2)28(40)31-26(24)39)30-27(37)36-15-13-22(14-16-36)17-21-9-5-3-6-10-21/h3-12,20,22,24-25H,13-19H2,1-2H3,(H,31,39,40). The molecule has 3 aromatic rings. The first-order valence-corrected chi connectivity index (χ1v) is 15.1. The zero-order valence-electron chi connectivity index (χ0n) is 23.3. The number of urea groups is 1.